The average molecular weight is 306 g/mol. The maximum absolute atomic E-state index is 12.4. The summed E-state index contributed by atoms with van der Waals surface area (Å²) in [6.07, 6.45) is 8.76. The molecular weight excluding hydrogens is 288 g/mol. The van der Waals surface area contributed by atoms with Crippen molar-refractivity contribution in [2.75, 3.05) is 13.1 Å². The summed E-state index contributed by atoms with van der Waals surface area (Å²) in [6.45, 7) is 1.53. The fourth-order valence-corrected chi connectivity index (χ4v) is 3.40. The third kappa shape index (κ3) is 2.59. The minimum Gasteiger partial charge on any atom is -0.361 e. The molecular formula is C18H18N4O. The van der Waals surface area contributed by atoms with Gasteiger partial charge in [-0.25, -0.2) is 4.98 Å². The molecule has 1 saturated heterocycles. The molecule has 5 nitrogen and oxygen atoms in total. The van der Waals surface area contributed by atoms with Crippen LogP contribution in [0.2, 0.25) is 0 Å². The van der Waals surface area contributed by atoms with Gasteiger partial charge in [0.25, 0.3) is 5.91 Å². The summed E-state index contributed by atoms with van der Waals surface area (Å²) >= 11 is 0. The minimum atomic E-state index is -0.0181. The molecule has 1 aromatic carbocycles. The number of aromatic amines is 1. The van der Waals surface area contributed by atoms with Crippen molar-refractivity contribution in [3.05, 3.63) is 60.3 Å². The molecule has 1 amide bonds. The number of hydrogen-bond acceptors (Lipinski definition) is 3. The van der Waals surface area contributed by atoms with Gasteiger partial charge in [0.15, 0.2) is 0 Å². The van der Waals surface area contributed by atoms with E-state index in [9.17, 15) is 4.79 Å². The highest BCUT2D eigenvalue weighted by Gasteiger charge is 2.26. The summed E-state index contributed by atoms with van der Waals surface area (Å²) in [6, 6.07) is 8.39. The van der Waals surface area contributed by atoms with Gasteiger partial charge in [0.05, 0.1) is 6.20 Å². The van der Waals surface area contributed by atoms with Gasteiger partial charge >= 0.3 is 0 Å². The number of carbonyl (C=O) groups excluding carboxylic acids is 1. The number of amides is 1. The van der Waals surface area contributed by atoms with E-state index in [1.54, 1.807) is 12.4 Å². The Bertz CT molecular complexity index is 819. The number of piperidine rings is 1. The Morgan fingerprint density at radius 1 is 1.17 bits per heavy atom. The molecule has 0 bridgehead atoms. The normalized spacial score (nSPS) is 15.9. The van der Waals surface area contributed by atoms with Crippen molar-refractivity contribution in [3.63, 3.8) is 0 Å². The zero-order valence-corrected chi connectivity index (χ0v) is 12.8. The Morgan fingerprint density at radius 2 is 2.00 bits per heavy atom. The van der Waals surface area contributed by atoms with Crippen molar-refractivity contribution in [1.29, 1.82) is 0 Å². The van der Waals surface area contributed by atoms with Crippen LogP contribution in [0.3, 0.4) is 0 Å². The topological polar surface area (TPSA) is 61.9 Å². The summed E-state index contributed by atoms with van der Waals surface area (Å²) in [4.78, 5) is 25.7. The zero-order chi connectivity index (χ0) is 15.6. The predicted octanol–water partition coefficient (Wildman–Crippen LogP) is 2.98. The molecule has 4 rings (SSSR count). The first-order chi connectivity index (χ1) is 11.3. The molecule has 0 unspecified atom stereocenters. The van der Waals surface area contributed by atoms with Gasteiger partial charge in [-0.1, -0.05) is 18.2 Å². The van der Waals surface area contributed by atoms with Crippen molar-refractivity contribution in [1.82, 2.24) is 19.9 Å². The molecule has 0 aliphatic carbocycles. The van der Waals surface area contributed by atoms with Crippen molar-refractivity contribution < 1.29 is 4.79 Å². The molecule has 3 aromatic rings. The van der Waals surface area contributed by atoms with Gasteiger partial charge in [-0.3, -0.25) is 9.78 Å². The summed E-state index contributed by atoms with van der Waals surface area (Å²) in [5.41, 5.74) is 2.98. The lowest BCUT2D eigenvalue weighted by molar-refractivity contribution is 0.0707. The Balaban J connectivity index is 1.48. The lowest BCUT2D eigenvalue weighted by atomic mass is 9.89. The van der Waals surface area contributed by atoms with Gasteiger partial charge < -0.3 is 9.88 Å². The maximum Gasteiger partial charge on any atom is 0.274 e. The Labute approximate surface area is 134 Å². The van der Waals surface area contributed by atoms with E-state index < -0.39 is 0 Å². The molecule has 5 heteroatoms. The summed E-state index contributed by atoms with van der Waals surface area (Å²) in [5, 5.41) is 1.30. The molecule has 0 atom stereocenters. The highest BCUT2D eigenvalue weighted by molar-refractivity contribution is 5.92. The molecule has 1 aliphatic heterocycles. The Hall–Kier alpha value is -2.69. The fraction of sp³-hybridized carbons (Fsp3) is 0.278. The standard InChI is InChI=1S/C18H18N4O/c23-18(17-12-19-7-8-20-17)22-9-5-13(6-10-22)15-11-21-16-4-2-1-3-14(15)16/h1-4,7-8,11-13,21H,5-6,9-10H2. The van der Waals surface area contributed by atoms with Gasteiger partial charge in [-0.15, -0.1) is 0 Å². The molecule has 23 heavy (non-hydrogen) atoms. The van der Waals surface area contributed by atoms with Gasteiger partial charge in [-0.2, -0.15) is 0 Å². The number of nitrogens with one attached hydrogen (secondary N) is 1. The third-order valence-corrected chi connectivity index (χ3v) is 4.63. The van der Waals surface area contributed by atoms with Crippen LogP contribution < -0.4 is 0 Å². The van der Waals surface area contributed by atoms with Crippen molar-refractivity contribution in [2.45, 2.75) is 18.8 Å². The van der Waals surface area contributed by atoms with Gasteiger partial charge in [-0.05, 0) is 30.4 Å². The highest BCUT2D eigenvalue weighted by Crippen LogP contribution is 2.33. The van der Waals surface area contributed by atoms with Crippen LogP contribution in [0.1, 0.15) is 34.8 Å². The average Bonchev–Trinajstić information content (AvgIpc) is 3.06. The summed E-state index contributed by atoms with van der Waals surface area (Å²) in [5.74, 6) is 0.479. The second kappa shape index (κ2) is 5.83. The minimum absolute atomic E-state index is 0.0181. The second-order valence-electron chi connectivity index (χ2n) is 5.95. The van der Waals surface area contributed by atoms with E-state index in [0.29, 0.717) is 11.6 Å². The van der Waals surface area contributed by atoms with Crippen molar-refractivity contribution in [2.24, 2.45) is 0 Å². The first-order valence-electron chi connectivity index (χ1n) is 7.94. The molecule has 2 aromatic heterocycles. The third-order valence-electron chi connectivity index (χ3n) is 4.63. The van der Waals surface area contributed by atoms with E-state index in [-0.39, 0.29) is 5.91 Å². The number of carbonyl (C=O) groups is 1. The van der Waals surface area contributed by atoms with Crippen LogP contribution in [-0.4, -0.2) is 38.8 Å². The molecule has 0 saturated carbocycles. The number of aromatic nitrogens is 3. The first kappa shape index (κ1) is 13.9. The lowest BCUT2D eigenvalue weighted by Gasteiger charge is -2.31. The summed E-state index contributed by atoms with van der Waals surface area (Å²) in [7, 11) is 0. The molecule has 3 heterocycles. The number of fused-ring (bicyclic) bond motifs is 1. The van der Waals surface area contributed by atoms with E-state index in [2.05, 4.69) is 39.3 Å². The Morgan fingerprint density at radius 3 is 2.78 bits per heavy atom. The zero-order valence-electron chi connectivity index (χ0n) is 12.8. The molecule has 0 spiro atoms. The SMILES string of the molecule is O=C(c1cnccn1)N1CCC(c2c[nH]c3ccccc23)CC1. The maximum atomic E-state index is 12.4. The van der Waals surface area contributed by atoms with Crippen molar-refractivity contribution in [3.8, 4) is 0 Å². The number of likely N-dealkylation sites (tertiary alicyclic amines) is 1. The van der Waals surface area contributed by atoms with E-state index in [1.165, 1.54) is 22.7 Å². The number of H-pyrrole nitrogens is 1. The van der Waals surface area contributed by atoms with Crippen molar-refractivity contribution >= 4 is 16.8 Å². The highest BCUT2D eigenvalue weighted by atomic mass is 16.2. The molecule has 116 valence electrons. The van der Waals surface area contributed by atoms with Crippen LogP contribution in [-0.2, 0) is 0 Å². The van der Waals surface area contributed by atoms with E-state index in [4.69, 9.17) is 0 Å². The Kier molecular flexibility index (Phi) is 3.54. The van der Waals surface area contributed by atoms with Gasteiger partial charge in [0, 0.05) is 42.6 Å². The van der Waals surface area contributed by atoms with Crippen LogP contribution in [0.15, 0.2) is 49.1 Å². The van der Waals surface area contributed by atoms with Gasteiger partial charge in [0.2, 0.25) is 0 Å². The van der Waals surface area contributed by atoms with Crippen LogP contribution in [0, 0.1) is 0 Å². The number of benzene rings is 1. The number of rotatable bonds is 2. The van der Waals surface area contributed by atoms with Crippen LogP contribution in [0.5, 0.6) is 0 Å². The monoisotopic (exact) mass is 306 g/mol. The predicted molar refractivity (Wildman–Crippen MR) is 88.2 cm³/mol. The first-order valence-corrected chi connectivity index (χ1v) is 7.94. The largest absolute Gasteiger partial charge is 0.361 e. The number of nitrogens with zero attached hydrogens (tertiary/aromatic N) is 3. The van der Waals surface area contributed by atoms with E-state index in [0.717, 1.165) is 25.9 Å². The van der Waals surface area contributed by atoms with Crippen LogP contribution >= 0.6 is 0 Å². The van der Waals surface area contributed by atoms with Crippen LogP contribution in [0.4, 0.5) is 0 Å². The van der Waals surface area contributed by atoms with Crippen LogP contribution in [0.25, 0.3) is 10.9 Å². The molecule has 1 fully saturated rings. The number of para-hydroxylation sites is 1. The second-order valence-corrected chi connectivity index (χ2v) is 5.95. The van der Waals surface area contributed by atoms with E-state index >= 15 is 0 Å². The summed E-state index contributed by atoms with van der Waals surface area (Å²) < 4.78 is 0. The van der Waals surface area contributed by atoms with E-state index in [1.807, 2.05) is 11.0 Å². The molecule has 0 radical (unpaired) electrons. The number of hydrogen-bond donors (Lipinski definition) is 1. The molecule has 1 N–H and O–H groups in total. The molecule has 1 aliphatic rings. The lowest BCUT2D eigenvalue weighted by Crippen LogP contribution is -2.38. The fourth-order valence-electron chi connectivity index (χ4n) is 3.40. The quantitative estimate of drug-likeness (QED) is 0.791. The smallest absolute Gasteiger partial charge is 0.274 e. The van der Waals surface area contributed by atoms with Gasteiger partial charge in [0.1, 0.15) is 5.69 Å².